The van der Waals surface area contributed by atoms with Crippen molar-refractivity contribution in [2.75, 3.05) is 19.6 Å². The highest BCUT2D eigenvalue weighted by Crippen LogP contribution is 2.15. The Bertz CT molecular complexity index is 366. The molecule has 1 aromatic carbocycles. The highest BCUT2D eigenvalue weighted by molar-refractivity contribution is 5.15. The first kappa shape index (κ1) is 15.5. The number of likely N-dealkylation sites (tertiary alicyclic amines) is 1. The van der Waals surface area contributed by atoms with Crippen molar-refractivity contribution in [3.8, 4) is 0 Å². The molecule has 0 radical (unpaired) electrons. The summed E-state index contributed by atoms with van der Waals surface area (Å²) in [6, 6.07) is 12.2. The number of nitrogens with zero attached hydrogens (tertiary/aromatic N) is 1. The number of nitrogens with one attached hydrogen (secondary N) is 1. The minimum atomic E-state index is 0.614. The Hall–Kier alpha value is -0.860. The second-order valence-corrected chi connectivity index (χ2v) is 6.69. The summed E-state index contributed by atoms with van der Waals surface area (Å²) in [5.74, 6) is 0.743. The van der Waals surface area contributed by atoms with Crippen molar-refractivity contribution in [3.05, 3.63) is 35.9 Å². The maximum Gasteiger partial charge on any atom is 0.00937 e. The molecule has 1 N–H and O–H groups in total. The molecule has 2 nitrogen and oxygen atoms in total. The van der Waals surface area contributed by atoms with Gasteiger partial charge in [-0.05, 0) is 43.8 Å². The van der Waals surface area contributed by atoms with Gasteiger partial charge in [0.25, 0.3) is 0 Å². The quantitative estimate of drug-likeness (QED) is 0.856. The molecule has 1 fully saturated rings. The Morgan fingerprint density at radius 1 is 1.10 bits per heavy atom. The van der Waals surface area contributed by atoms with Crippen LogP contribution in [-0.4, -0.2) is 36.6 Å². The van der Waals surface area contributed by atoms with E-state index in [0.717, 1.165) is 12.0 Å². The predicted octanol–water partition coefficient (Wildman–Crippen LogP) is 3.33. The molecule has 1 atom stereocenters. The van der Waals surface area contributed by atoms with Gasteiger partial charge in [0.2, 0.25) is 0 Å². The maximum absolute atomic E-state index is 3.67. The molecule has 0 amide bonds. The van der Waals surface area contributed by atoms with Crippen molar-refractivity contribution >= 4 is 0 Å². The third kappa shape index (κ3) is 5.26. The van der Waals surface area contributed by atoms with E-state index in [2.05, 4.69) is 61.3 Å². The van der Waals surface area contributed by atoms with E-state index in [4.69, 9.17) is 0 Å². The molecule has 2 heteroatoms. The molecule has 1 aliphatic heterocycles. The molecule has 0 saturated carbocycles. The van der Waals surface area contributed by atoms with Gasteiger partial charge in [-0.25, -0.2) is 0 Å². The van der Waals surface area contributed by atoms with Crippen LogP contribution in [0, 0.1) is 5.92 Å². The molecule has 1 heterocycles. The van der Waals surface area contributed by atoms with Crippen molar-refractivity contribution in [1.29, 1.82) is 0 Å². The van der Waals surface area contributed by atoms with Crippen LogP contribution in [0.1, 0.15) is 39.2 Å². The maximum atomic E-state index is 3.67. The average Bonchev–Trinajstić information content (AvgIpc) is 2.41. The highest BCUT2D eigenvalue weighted by atomic mass is 15.1. The lowest BCUT2D eigenvalue weighted by molar-refractivity contribution is 0.172. The Morgan fingerprint density at radius 3 is 2.35 bits per heavy atom. The van der Waals surface area contributed by atoms with E-state index in [1.807, 2.05) is 0 Å². The summed E-state index contributed by atoms with van der Waals surface area (Å²) >= 11 is 0. The van der Waals surface area contributed by atoms with Crippen LogP contribution >= 0.6 is 0 Å². The number of piperidine rings is 1. The average molecular weight is 274 g/mol. The molecule has 2 rings (SSSR count). The first-order chi connectivity index (χ1) is 9.63. The van der Waals surface area contributed by atoms with Crippen molar-refractivity contribution in [2.24, 2.45) is 5.92 Å². The fourth-order valence-electron chi connectivity index (χ4n) is 3.28. The van der Waals surface area contributed by atoms with Crippen LogP contribution in [0.4, 0.5) is 0 Å². The molecular weight excluding hydrogens is 244 g/mol. The number of hydrogen-bond donors (Lipinski definition) is 1. The van der Waals surface area contributed by atoms with Gasteiger partial charge >= 0.3 is 0 Å². The summed E-state index contributed by atoms with van der Waals surface area (Å²) in [4.78, 5) is 2.64. The molecule has 1 saturated heterocycles. The van der Waals surface area contributed by atoms with Crippen LogP contribution in [0.3, 0.4) is 0 Å². The second-order valence-electron chi connectivity index (χ2n) is 6.69. The Balaban J connectivity index is 1.70. The Labute approximate surface area is 124 Å². The van der Waals surface area contributed by atoms with Crippen LogP contribution in [0.2, 0.25) is 0 Å². The molecule has 0 spiro atoms. The zero-order chi connectivity index (χ0) is 14.4. The van der Waals surface area contributed by atoms with Crippen LogP contribution in [0.25, 0.3) is 0 Å². The molecule has 1 aliphatic rings. The molecule has 0 bridgehead atoms. The van der Waals surface area contributed by atoms with Crippen molar-refractivity contribution in [3.63, 3.8) is 0 Å². The van der Waals surface area contributed by atoms with E-state index in [1.165, 1.54) is 44.5 Å². The summed E-state index contributed by atoms with van der Waals surface area (Å²) < 4.78 is 0. The van der Waals surface area contributed by atoms with Gasteiger partial charge in [0.15, 0.2) is 0 Å². The first-order valence-electron chi connectivity index (χ1n) is 8.16. The third-order valence-electron chi connectivity index (χ3n) is 4.15. The van der Waals surface area contributed by atoms with Gasteiger partial charge in [0, 0.05) is 18.6 Å². The van der Waals surface area contributed by atoms with Gasteiger partial charge in [0.1, 0.15) is 0 Å². The Kier molecular flexibility index (Phi) is 6.06. The van der Waals surface area contributed by atoms with Crippen LogP contribution in [0.5, 0.6) is 0 Å². The van der Waals surface area contributed by atoms with Gasteiger partial charge in [-0.3, -0.25) is 0 Å². The molecule has 0 unspecified atom stereocenters. The van der Waals surface area contributed by atoms with E-state index in [-0.39, 0.29) is 0 Å². The van der Waals surface area contributed by atoms with Gasteiger partial charge in [-0.1, -0.05) is 51.1 Å². The van der Waals surface area contributed by atoms with Crippen LogP contribution < -0.4 is 5.32 Å². The normalized spacial score (nSPS) is 19.4. The smallest absolute Gasteiger partial charge is 0.00937 e. The summed E-state index contributed by atoms with van der Waals surface area (Å²) in [5, 5.41) is 3.67. The topological polar surface area (TPSA) is 15.3 Å². The van der Waals surface area contributed by atoms with E-state index >= 15 is 0 Å². The summed E-state index contributed by atoms with van der Waals surface area (Å²) in [5.41, 5.74) is 1.47. The van der Waals surface area contributed by atoms with Crippen molar-refractivity contribution < 1.29 is 0 Å². The van der Waals surface area contributed by atoms with Crippen LogP contribution in [0.15, 0.2) is 30.3 Å². The second kappa shape index (κ2) is 7.80. The largest absolute Gasteiger partial charge is 0.312 e. The SMILES string of the molecule is CC(C)NC1CCN(C[C@@H](C)Cc2ccccc2)CC1. The van der Waals surface area contributed by atoms with E-state index < -0.39 is 0 Å². The summed E-state index contributed by atoms with van der Waals surface area (Å²) in [6.45, 7) is 10.6. The lowest BCUT2D eigenvalue weighted by Crippen LogP contribution is -2.45. The van der Waals surface area contributed by atoms with E-state index in [1.54, 1.807) is 0 Å². The Morgan fingerprint density at radius 2 is 1.75 bits per heavy atom. The zero-order valence-corrected chi connectivity index (χ0v) is 13.3. The molecular formula is C18H30N2. The minimum absolute atomic E-state index is 0.614. The third-order valence-corrected chi connectivity index (χ3v) is 4.15. The minimum Gasteiger partial charge on any atom is -0.312 e. The van der Waals surface area contributed by atoms with Gasteiger partial charge in [-0.15, -0.1) is 0 Å². The standard InChI is InChI=1S/C18H30N2/c1-15(2)19-18-9-11-20(12-10-18)14-16(3)13-17-7-5-4-6-8-17/h4-8,15-16,18-19H,9-14H2,1-3H3/t16-/m0/s1. The van der Waals surface area contributed by atoms with E-state index in [9.17, 15) is 0 Å². The molecule has 20 heavy (non-hydrogen) atoms. The van der Waals surface area contributed by atoms with Crippen LogP contribution in [-0.2, 0) is 6.42 Å². The van der Waals surface area contributed by atoms with E-state index in [0.29, 0.717) is 6.04 Å². The monoisotopic (exact) mass is 274 g/mol. The van der Waals surface area contributed by atoms with Crippen molar-refractivity contribution in [2.45, 2.75) is 52.1 Å². The first-order valence-corrected chi connectivity index (χ1v) is 8.16. The number of hydrogen-bond acceptors (Lipinski definition) is 2. The molecule has 112 valence electrons. The highest BCUT2D eigenvalue weighted by Gasteiger charge is 2.20. The predicted molar refractivity (Wildman–Crippen MR) is 87.0 cm³/mol. The fraction of sp³-hybridized carbons (Fsp3) is 0.667. The van der Waals surface area contributed by atoms with Crippen molar-refractivity contribution in [1.82, 2.24) is 10.2 Å². The lowest BCUT2D eigenvalue weighted by Gasteiger charge is -2.34. The fourth-order valence-corrected chi connectivity index (χ4v) is 3.28. The molecule has 0 aromatic heterocycles. The number of benzene rings is 1. The van der Waals surface area contributed by atoms with Gasteiger partial charge < -0.3 is 10.2 Å². The van der Waals surface area contributed by atoms with Gasteiger partial charge in [0.05, 0.1) is 0 Å². The summed E-state index contributed by atoms with van der Waals surface area (Å²) in [6.07, 6.45) is 3.80. The molecule has 1 aromatic rings. The summed E-state index contributed by atoms with van der Waals surface area (Å²) in [7, 11) is 0. The molecule has 0 aliphatic carbocycles. The van der Waals surface area contributed by atoms with Gasteiger partial charge in [-0.2, -0.15) is 0 Å². The lowest BCUT2D eigenvalue weighted by atomic mass is 9.98. The zero-order valence-electron chi connectivity index (χ0n) is 13.3. The number of rotatable bonds is 6.